The van der Waals surface area contributed by atoms with Gasteiger partial charge in [-0.2, -0.15) is 0 Å². The number of thiophene rings is 1. The first-order valence-electron chi connectivity index (χ1n) is 6.58. The summed E-state index contributed by atoms with van der Waals surface area (Å²) in [6, 6.07) is 7.04. The monoisotopic (exact) mass is 265 g/mol. The second kappa shape index (κ2) is 5.81. The summed E-state index contributed by atoms with van der Waals surface area (Å²) in [4.78, 5) is 1.17. The van der Waals surface area contributed by atoms with Gasteiger partial charge >= 0.3 is 0 Å². The van der Waals surface area contributed by atoms with Crippen LogP contribution in [-0.4, -0.2) is 0 Å². The first-order chi connectivity index (χ1) is 8.63. The Hall–Kier alpha value is -0.930. The Balaban J connectivity index is 2.20. The lowest BCUT2D eigenvalue weighted by Gasteiger charge is -2.16. The molecule has 0 aliphatic heterocycles. The maximum absolute atomic E-state index is 13.1. The number of hydrogen-bond acceptors (Lipinski definition) is 2. The van der Waals surface area contributed by atoms with Crippen LogP contribution in [0.1, 0.15) is 44.0 Å². The third-order valence-electron chi connectivity index (χ3n) is 3.60. The standard InChI is InChI=1S/C15H20FNS/c1-3-10(4-2)7-13(17)15-9-11-8-12(16)5-6-14(11)18-15/h5-6,8-10,13H,3-4,7,17H2,1-2H3. The van der Waals surface area contributed by atoms with E-state index < -0.39 is 0 Å². The molecule has 0 radical (unpaired) electrons. The van der Waals surface area contributed by atoms with Crippen LogP contribution in [0.5, 0.6) is 0 Å². The molecular weight excluding hydrogens is 245 g/mol. The van der Waals surface area contributed by atoms with Gasteiger partial charge in [-0.1, -0.05) is 26.7 Å². The number of hydrogen-bond donors (Lipinski definition) is 1. The van der Waals surface area contributed by atoms with E-state index in [1.807, 2.05) is 12.1 Å². The summed E-state index contributed by atoms with van der Waals surface area (Å²) in [6.45, 7) is 4.42. The Morgan fingerprint density at radius 3 is 2.61 bits per heavy atom. The van der Waals surface area contributed by atoms with Gasteiger partial charge in [0.1, 0.15) is 5.82 Å². The van der Waals surface area contributed by atoms with Gasteiger partial charge in [0.05, 0.1) is 0 Å². The lowest BCUT2D eigenvalue weighted by atomic mass is 9.94. The Labute approximate surface area is 112 Å². The Morgan fingerprint density at radius 1 is 1.22 bits per heavy atom. The molecule has 0 bridgehead atoms. The van der Waals surface area contributed by atoms with Crippen molar-refractivity contribution < 1.29 is 4.39 Å². The highest BCUT2D eigenvalue weighted by atomic mass is 32.1. The molecule has 0 spiro atoms. The van der Waals surface area contributed by atoms with E-state index in [9.17, 15) is 4.39 Å². The predicted molar refractivity (Wildman–Crippen MR) is 77.4 cm³/mol. The number of fused-ring (bicyclic) bond motifs is 1. The molecule has 1 aromatic carbocycles. The van der Waals surface area contributed by atoms with Crippen molar-refractivity contribution in [2.75, 3.05) is 0 Å². The van der Waals surface area contributed by atoms with Crippen molar-refractivity contribution in [2.24, 2.45) is 11.7 Å². The lowest BCUT2D eigenvalue weighted by molar-refractivity contribution is 0.417. The molecule has 0 amide bonds. The Bertz CT molecular complexity index is 516. The van der Waals surface area contributed by atoms with Gasteiger partial charge in [-0.25, -0.2) is 4.39 Å². The van der Waals surface area contributed by atoms with Gasteiger partial charge in [-0.05, 0) is 42.0 Å². The van der Waals surface area contributed by atoms with E-state index in [0.717, 1.165) is 16.5 Å². The fourth-order valence-corrected chi connectivity index (χ4v) is 3.37. The summed E-state index contributed by atoms with van der Waals surface area (Å²) < 4.78 is 14.3. The van der Waals surface area contributed by atoms with Gasteiger partial charge in [0.15, 0.2) is 0 Å². The zero-order valence-corrected chi connectivity index (χ0v) is 11.8. The van der Waals surface area contributed by atoms with E-state index in [1.54, 1.807) is 17.4 Å². The molecule has 1 heterocycles. The third-order valence-corrected chi connectivity index (χ3v) is 4.85. The lowest BCUT2D eigenvalue weighted by Crippen LogP contribution is -2.13. The quantitative estimate of drug-likeness (QED) is 0.820. The highest BCUT2D eigenvalue weighted by molar-refractivity contribution is 7.19. The summed E-state index contributed by atoms with van der Waals surface area (Å²) in [5, 5.41) is 0.968. The molecule has 0 saturated heterocycles. The van der Waals surface area contributed by atoms with Crippen LogP contribution < -0.4 is 5.73 Å². The molecule has 2 aromatic rings. The van der Waals surface area contributed by atoms with E-state index in [4.69, 9.17) is 5.73 Å². The molecule has 1 aromatic heterocycles. The van der Waals surface area contributed by atoms with Crippen molar-refractivity contribution in [3.05, 3.63) is 35.0 Å². The smallest absolute Gasteiger partial charge is 0.123 e. The molecule has 0 saturated carbocycles. The van der Waals surface area contributed by atoms with Crippen LogP contribution in [-0.2, 0) is 0 Å². The van der Waals surface area contributed by atoms with E-state index in [-0.39, 0.29) is 11.9 Å². The van der Waals surface area contributed by atoms with Crippen molar-refractivity contribution in [3.63, 3.8) is 0 Å². The van der Waals surface area contributed by atoms with Crippen molar-refractivity contribution in [1.82, 2.24) is 0 Å². The molecule has 98 valence electrons. The van der Waals surface area contributed by atoms with Gasteiger partial charge in [0, 0.05) is 15.6 Å². The number of rotatable bonds is 5. The van der Waals surface area contributed by atoms with Gasteiger partial charge < -0.3 is 5.73 Å². The fraction of sp³-hybridized carbons (Fsp3) is 0.467. The van der Waals surface area contributed by atoms with Crippen molar-refractivity contribution in [1.29, 1.82) is 0 Å². The normalized spacial score (nSPS) is 13.4. The molecule has 18 heavy (non-hydrogen) atoms. The summed E-state index contributed by atoms with van der Waals surface area (Å²) in [5.74, 6) is 0.502. The average Bonchev–Trinajstić information content (AvgIpc) is 2.78. The maximum Gasteiger partial charge on any atom is 0.123 e. The highest BCUT2D eigenvalue weighted by Crippen LogP contribution is 2.33. The first kappa shape index (κ1) is 13.5. The summed E-state index contributed by atoms with van der Waals surface area (Å²) in [6.07, 6.45) is 3.36. The van der Waals surface area contributed by atoms with Crippen LogP contribution in [0.2, 0.25) is 0 Å². The summed E-state index contributed by atoms with van der Waals surface area (Å²) in [5.41, 5.74) is 6.27. The van der Waals surface area contributed by atoms with Crippen LogP contribution in [0, 0.1) is 11.7 Å². The zero-order chi connectivity index (χ0) is 13.1. The van der Waals surface area contributed by atoms with Gasteiger partial charge in [0.25, 0.3) is 0 Å². The first-order valence-corrected chi connectivity index (χ1v) is 7.40. The Morgan fingerprint density at radius 2 is 1.94 bits per heavy atom. The molecule has 2 N–H and O–H groups in total. The minimum Gasteiger partial charge on any atom is -0.323 e. The van der Waals surface area contributed by atoms with E-state index in [1.165, 1.54) is 23.8 Å². The van der Waals surface area contributed by atoms with E-state index in [2.05, 4.69) is 13.8 Å². The van der Waals surface area contributed by atoms with E-state index in [0.29, 0.717) is 5.92 Å². The van der Waals surface area contributed by atoms with Crippen molar-refractivity contribution >= 4 is 21.4 Å². The molecule has 1 unspecified atom stereocenters. The van der Waals surface area contributed by atoms with Crippen molar-refractivity contribution in [3.8, 4) is 0 Å². The predicted octanol–water partition coefficient (Wildman–Crippen LogP) is 4.87. The van der Waals surface area contributed by atoms with Gasteiger partial charge in [-0.15, -0.1) is 11.3 Å². The van der Waals surface area contributed by atoms with Crippen LogP contribution >= 0.6 is 11.3 Å². The van der Waals surface area contributed by atoms with Crippen LogP contribution in [0.4, 0.5) is 4.39 Å². The van der Waals surface area contributed by atoms with Crippen LogP contribution in [0.3, 0.4) is 0 Å². The molecule has 0 aliphatic rings. The van der Waals surface area contributed by atoms with Crippen LogP contribution in [0.25, 0.3) is 10.1 Å². The number of benzene rings is 1. The average molecular weight is 265 g/mol. The molecule has 0 aliphatic carbocycles. The second-order valence-electron chi connectivity index (χ2n) is 4.86. The minimum atomic E-state index is -0.180. The molecule has 1 nitrogen and oxygen atoms in total. The molecule has 1 atom stereocenters. The Kier molecular flexibility index (Phi) is 4.36. The topological polar surface area (TPSA) is 26.0 Å². The number of nitrogens with two attached hydrogens (primary N) is 1. The van der Waals surface area contributed by atoms with Gasteiger partial charge in [0.2, 0.25) is 0 Å². The van der Waals surface area contributed by atoms with E-state index >= 15 is 0 Å². The second-order valence-corrected chi connectivity index (χ2v) is 5.97. The minimum absolute atomic E-state index is 0.0790. The fourth-order valence-electron chi connectivity index (χ4n) is 2.31. The molecule has 3 heteroatoms. The molecule has 2 rings (SSSR count). The third kappa shape index (κ3) is 2.90. The highest BCUT2D eigenvalue weighted by Gasteiger charge is 2.14. The number of halogens is 1. The largest absolute Gasteiger partial charge is 0.323 e. The summed E-state index contributed by atoms with van der Waals surface area (Å²) in [7, 11) is 0. The summed E-state index contributed by atoms with van der Waals surface area (Å²) >= 11 is 1.69. The van der Waals surface area contributed by atoms with Crippen LogP contribution in [0.15, 0.2) is 24.3 Å². The molecule has 0 fully saturated rings. The van der Waals surface area contributed by atoms with Crippen molar-refractivity contribution in [2.45, 2.75) is 39.2 Å². The maximum atomic E-state index is 13.1. The molecular formula is C15H20FNS. The SMILES string of the molecule is CCC(CC)CC(N)c1cc2cc(F)ccc2s1. The van der Waals surface area contributed by atoms with Gasteiger partial charge in [-0.3, -0.25) is 0 Å². The zero-order valence-electron chi connectivity index (χ0n) is 10.9.